The molecule has 3 nitrogen and oxygen atoms in total. The molecule has 1 unspecified atom stereocenters. The first-order valence-electron chi connectivity index (χ1n) is 6.16. The molecule has 1 aromatic heterocycles. The lowest BCUT2D eigenvalue weighted by Crippen LogP contribution is -2.23. The fourth-order valence-corrected chi connectivity index (χ4v) is 2.29. The van der Waals surface area contributed by atoms with Gasteiger partial charge in [-0.2, -0.15) is 5.10 Å². The van der Waals surface area contributed by atoms with Crippen molar-refractivity contribution < 1.29 is 0 Å². The summed E-state index contributed by atoms with van der Waals surface area (Å²) in [7, 11) is 1.95. The number of rotatable bonds is 5. The molecule has 4 heteroatoms. The van der Waals surface area contributed by atoms with E-state index >= 15 is 0 Å². The Morgan fingerprint density at radius 2 is 2.00 bits per heavy atom. The average Bonchev–Trinajstić information content (AvgIpc) is 2.75. The molecule has 0 aliphatic rings. The first-order valence-corrected chi connectivity index (χ1v) is 6.95. The Morgan fingerprint density at radius 1 is 1.28 bits per heavy atom. The molecule has 1 N–H and O–H groups in total. The lowest BCUT2D eigenvalue weighted by Gasteiger charge is -2.17. The highest BCUT2D eigenvalue weighted by atomic mass is 79.9. The Kier molecular flexibility index (Phi) is 4.55. The number of likely N-dealkylation sites (N-methyl/N-ethyl adjacent to an activating group) is 1. The van der Waals surface area contributed by atoms with E-state index in [0.29, 0.717) is 6.04 Å². The van der Waals surface area contributed by atoms with Gasteiger partial charge in [0, 0.05) is 30.2 Å². The monoisotopic (exact) mass is 307 g/mol. The zero-order chi connectivity index (χ0) is 13.0. The van der Waals surface area contributed by atoms with Gasteiger partial charge in [-0.25, -0.2) is 0 Å². The molecule has 18 heavy (non-hydrogen) atoms. The van der Waals surface area contributed by atoms with Crippen LogP contribution in [0.25, 0.3) is 0 Å². The van der Waals surface area contributed by atoms with Crippen LogP contribution in [-0.2, 0) is 13.5 Å². The third kappa shape index (κ3) is 3.43. The topological polar surface area (TPSA) is 29.9 Å². The van der Waals surface area contributed by atoms with Crippen LogP contribution in [-0.4, -0.2) is 16.3 Å². The predicted octanol–water partition coefficient (Wildman–Crippen LogP) is 3.08. The van der Waals surface area contributed by atoms with Crippen molar-refractivity contribution >= 4 is 15.9 Å². The Labute approximate surface area is 116 Å². The van der Waals surface area contributed by atoms with Gasteiger partial charge in [0.2, 0.25) is 0 Å². The Bertz CT molecular complexity index is 490. The molecule has 1 aromatic carbocycles. The van der Waals surface area contributed by atoms with E-state index in [-0.39, 0.29) is 0 Å². The SMILES string of the molecule is CCNC(Cc1ccn(C)n1)c1ccc(Br)cc1. The van der Waals surface area contributed by atoms with E-state index < -0.39 is 0 Å². The van der Waals surface area contributed by atoms with Crippen LogP contribution in [0.3, 0.4) is 0 Å². The molecule has 0 bridgehead atoms. The molecule has 0 fully saturated rings. The van der Waals surface area contributed by atoms with Crippen molar-refractivity contribution in [2.45, 2.75) is 19.4 Å². The summed E-state index contributed by atoms with van der Waals surface area (Å²) in [6, 6.07) is 10.9. The zero-order valence-electron chi connectivity index (χ0n) is 10.7. The van der Waals surface area contributed by atoms with Crippen LogP contribution in [0, 0.1) is 0 Å². The Morgan fingerprint density at radius 3 is 2.56 bits per heavy atom. The lowest BCUT2D eigenvalue weighted by molar-refractivity contribution is 0.539. The molecular formula is C14H18BrN3. The molecule has 2 rings (SSSR count). The second-order valence-corrected chi connectivity index (χ2v) is 5.26. The van der Waals surface area contributed by atoms with Crippen molar-refractivity contribution in [2.24, 2.45) is 7.05 Å². The summed E-state index contributed by atoms with van der Waals surface area (Å²) in [6.45, 7) is 3.08. The number of aryl methyl sites for hydroxylation is 1. The highest BCUT2D eigenvalue weighted by Crippen LogP contribution is 2.20. The van der Waals surface area contributed by atoms with E-state index in [0.717, 1.165) is 23.1 Å². The number of benzene rings is 1. The van der Waals surface area contributed by atoms with Crippen LogP contribution in [0.1, 0.15) is 24.2 Å². The minimum Gasteiger partial charge on any atom is -0.310 e. The van der Waals surface area contributed by atoms with E-state index in [4.69, 9.17) is 0 Å². The van der Waals surface area contributed by atoms with Crippen LogP contribution in [0.15, 0.2) is 41.0 Å². The molecule has 2 aromatic rings. The van der Waals surface area contributed by atoms with Gasteiger partial charge >= 0.3 is 0 Å². The fraction of sp³-hybridized carbons (Fsp3) is 0.357. The molecule has 0 aliphatic heterocycles. The number of hydrogen-bond acceptors (Lipinski definition) is 2. The molecular weight excluding hydrogens is 290 g/mol. The van der Waals surface area contributed by atoms with Crippen molar-refractivity contribution in [2.75, 3.05) is 6.54 Å². The quantitative estimate of drug-likeness (QED) is 0.920. The first-order chi connectivity index (χ1) is 8.69. The van der Waals surface area contributed by atoms with Crippen LogP contribution in [0.4, 0.5) is 0 Å². The van der Waals surface area contributed by atoms with E-state index in [1.54, 1.807) is 0 Å². The summed E-state index contributed by atoms with van der Waals surface area (Å²) in [5, 5.41) is 7.95. The first kappa shape index (κ1) is 13.3. The Balaban J connectivity index is 2.14. The van der Waals surface area contributed by atoms with Crippen LogP contribution < -0.4 is 5.32 Å². The Hall–Kier alpha value is -1.13. The summed E-state index contributed by atoms with van der Waals surface area (Å²) >= 11 is 3.47. The maximum absolute atomic E-state index is 4.44. The molecule has 0 amide bonds. The molecule has 0 radical (unpaired) electrons. The standard InChI is InChI=1S/C14H18BrN3/c1-3-16-14(10-13-8-9-18(2)17-13)11-4-6-12(15)7-5-11/h4-9,14,16H,3,10H2,1-2H3. The van der Waals surface area contributed by atoms with Gasteiger partial charge in [0.15, 0.2) is 0 Å². The molecule has 0 aliphatic carbocycles. The van der Waals surface area contributed by atoms with Gasteiger partial charge in [0.1, 0.15) is 0 Å². The van der Waals surface area contributed by atoms with E-state index in [1.165, 1.54) is 5.56 Å². The average molecular weight is 308 g/mol. The molecule has 0 spiro atoms. The maximum atomic E-state index is 4.44. The van der Waals surface area contributed by atoms with Crippen molar-refractivity contribution in [3.8, 4) is 0 Å². The zero-order valence-corrected chi connectivity index (χ0v) is 12.3. The smallest absolute Gasteiger partial charge is 0.0643 e. The summed E-state index contributed by atoms with van der Waals surface area (Å²) in [5.41, 5.74) is 2.41. The summed E-state index contributed by atoms with van der Waals surface area (Å²) in [4.78, 5) is 0. The predicted molar refractivity (Wildman–Crippen MR) is 77.5 cm³/mol. The third-order valence-electron chi connectivity index (χ3n) is 2.91. The molecule has 1 atom stereocenters. The highest BCUT2D eigenvalue weighted by Gasteiger charge is 2.12. The van der Waals surface area contributed by atoms with Crippen molar-refractivity contribution in [1.29, 1.82) is 0 Å². The summed E-state index contributed by atoms with van der Waals surface area (Å²) in [6.07, 6.45) is 2.90. The van der Waals surface area contributed by atoms with E-state index in [9.17, 15) is 0 Å². The van der Waals surface area contributed by atoms with Crippen LogP contribution >= 0.6 is 15.9 Å². The van der Waals surface area contributed by atoms with E-state index in [2.05, 4.69) is 63.6 Å². The van der Waals surface area contributed by atoms with Gasteiger partial charge in [-0.3, -0.25) is 4.68 Å². The molecule has 1 heterocycles. The minimum absolute atomic E-state index is 0.318. The number of nitrogens with one attached hydrogen (secondary N) is 1. The van der Waals surface area contributed by atoms with Crippen LogP contribution in [0.2, 0.25) is 0 Å². The second-order valence-electron chi connectivity index (χ2n) is 4.35. The number of halogens is 1. The summed E-state index contributed by atoms with van der Waals surface area (Å²) in [5.74, 6) is 0. The van der Waals surface area contributed by atoms with Gasteiger partial charge in [0.25, 0.3) is 0 Å². The van der Waals surface area contributed by atoms with E-state index in [1.807, 2.05) is 17.9 Å². The molecule has 0 saturated carbocycles. The molecule has 0 saturated heterocycles. The number of nitrogens with zero attached hydrogens (tertiary/aromatic N) is 2. The fourth-order valence-electron chi connectivity index (χ4n) is 2.03. The van der Waals surface area contributed by atoms with Gasteiger partial charge in [-0.15, -0.1) is 0 Å². The maximum Gasteiger partial charge on any atom is 0.0643 e. The second kappa shape index (κ2) is 6.16. The van der Waals surface area contributed by atoms with Crippen molar-refractivity contribution in [3.05, 3.63) is 52.3 Å². The third-order valence-corrected chi connectivity index (χ3v) is 3.43. The molecule has 96 valence electrons. The van der Waals surface area contributed by atoms with Gasteiger partial charge in [-0.05, 0) is 30.3 Å². The van der Waals surface area contributed by atoms with Crippen molar-refractivity contribution in [3.63, 3.8) is 0 Å². The summed E-state index contributed by atoms with van der Waals surface area (Å²) < 4.78 is 2.96. The van der Waals surface area contributed by atoms with Crippen molar-refractivity contribution in [1.82, 2.24) is 15.1 Å². The normalized spacial score (nSPS) is 12.6. The number of hydrogen-bond donors (Lipinski definition) is 1. The largest absolute Gasteiger partial charge is 0.310 e. The number of aromatic nitrogens is 2. The van der Waals surface area contributed by atoms with Gasteiger partial charge in [0.05, 0.1) is 5.69 Å². The minimum atomic E-state index is 0.318. The van der Waals surface area contributed by atoms with Gasteiger partial charge < -0.3 is 5.32 Å². The van der Waals surface area contributed by atoms with Gasteiger partial charge in [-0.1, -0.05) is 35.0 Å². The lowest BCUT2D eigenvalue weighted by atomic mass is 10.0. The highest BCUT2D eigenvalue weighted by molar-refractivity contribution is 9.10. The van der Waals surface area contributed by atoms with Crippen LogP contribution in [0.5, 0.6) is 0 Å².